The molecule has 1 aromatic rings. The Morgan fingerprint density at radius 2 is 1.03 bits per heavy atom. The molecule has 1 rings (SSSR count). The SMILES string of the molecule is CCCCCCCCCS(CCCCCCCCC)(c1ccccc1)P(O)(O)=S. The Morgan fingerprint density at radius 1 is 0.655 bits per heavy atom. The topological polar surface area (TPSA) is 40.5 Å². The fourth-order valence-electron chi connectivity index (χ4n) is 3.98. The molecule has 170 valence electrons. The summed E-state index contributed by atoms with van der Waals surface area (Å²) in [6.07, 6.45) is 17.4. The molecule has 0 amide bonds. The molecular formula is C24H45O2PS2. The number of benzene rings is 1. The first kappa shape index (κ1) is 27.2. The maximum absolute atomic E-state index is 10.8. The van der Waals surface area contributed by atoms with Crippen LogP contribution in [0.15, 0.2) is 35.2 Å². The minimum absolute atomic E-state index is 0.880. The zero-order valence-electron chi connectivity index (χ0n) is 18.9. The lowest BCUT2D eigenvalue weighted by atomic mass is 10.1. The van der Waals surface area contributed by atoms with Gasteiger partial charge in [-0.25, -0.2) is 0 Å². The van der Waals surface area contributed by atoms with Crippen molar-refractivity contribution in [3.63, 3.8) is 0 Å². The van der Waals surface area contributed by atoms with Crippen molar-refractivity contribution in [1.82, 2.24) is 0 Å². The van der Waals surface area contributed by atoms with Crippen molar-refractivity contribution < 1.29 is 9.79 Å². The Morgan fingerprint density at radius 3 is 1.41 bits per heavy atom. The standard InChI is InChI=1S/C24H45O2PS2/c1-3-5-7-9-11-13-18-22-29(27(25,26)28,24-20-16-15-17-21-24)23-19-14-12-10-8-6-4-2/h15-17,20-21H,3-14,18-19,22-23H2,1-2H3,(H2,25,26,28). The summed E-state index contributed by atoms with van der Waals surface area (Å²) in [5.74, 6) is 1.76. The van der Waals surface area contributed by atoms with Gasteiger partial charge in [-0.3, -0.25) is 0 Å². The van der Waals surface area contributed by atoms with Crippen LogP contribution in [0.25, 0.3) is 0 Å². The molecule has 0 spiro atoms. The maximum atomic E-state index is 10.8. The fourth-order valence-corrected chi connectivity index (χ4v) is 12.9. The monoisotopic (exact) mass is 460 g/mol. The second-order valence-corrected chi connectivity index (χ2v) is 18.1. The van der Waals surface area contributed by atoms with Gasteiger partial charge in [0.25, 0.3) is 0 Å². The summed E-state index contributed by atoms with van der Waals surface area (Å²) < 4.78 is 0. The average Bonchev–Trinajstić information content (AvgIpc) is 2.70. The van der Waals surface area contributed by atoms with Gasteiger partial charge in [-0.1, -0.05) is 109 Å². The smallest absolute Gasteiger partial charge is 0.228 e. The van der Waals surface area contributed by atoms with Gasteiger partial charge in [0.1, 0.15) is 0 Å². The first-order valence-corrected chi connectivity index (χ1v) is 17.2. The molecular weight excluding hydrogens is 415 g/mol. The van der Waals surface area contributed by atoms with Gasteiger partial charge in [-0.2, -0.15) is 0 Å². The van der Waals surface area contributed by atoms with Gasteiger partial charge >= 0.3 is 0 Å². The van der Waals surface area contributed by atoms with Crippen molar-refractivity contribution in [2.75, 3.05) is 11.5 Å². The van der Waals surface area contributed by atoms with E-state index in [2.05, 4.69) is 26.0 Å². The van der Waals surface area contributed by atoms with E-state index in [1.165, 1.54) is 77.0 Å². The Labute approximate surface area is 187 Å². The number of rotatable bonds is 18. The largest absolute Gasteiger partial charge is 0.338 e. The Hall–Kier alpha value is 0.140. The quantitative estimate of drug-likeness (QED) is 0.170. The van der Waals surface area contributed by atoms with Crippen LogP contribution in [0.3, 0.4) is 0 Å². The van der Waals surface area contributed by atoms with Crippen LogP contribution in [0.2, 0.25) is 0 Å². The van der Waals surface area contributed by atoms with Crippen LogP contribution in [0.1, 0.15) is 104 Å². The van der Waals surface area contributed by atoms with Crippen LogP contribution < -0.4 is 0 Å². The zero-order valence-corrected chi connectivity index (χ0v) is 21.4. The van der Waals surface area contributed by atoms with E-state index in [-0.39, 0.29) is 0 Å². The summed E-state index contributed by atoms with van der Waals surface area (Å²) >= 11 is 5.43. The van der Waals surface area contributed by atoms with E-state index < -0.39 is 15.3 Å². The van der Waals surface area contributed by atoms with E-state index in [0.717, 1.165) is 29.2 Å². The molecule has 0 aliphatic carbocycles. The highest BCUT2D eigenvalue weighted by Crippen LogP contribution is 2.81. The van der Waals surface area contributed by atoms with Crippen LogP contribution in [0, 0.1) is 0 Å². The molecule has 0 unspecified atom stereocenters. The Kier molecular flexibility index (Phi) is 14.9. The fraction of sp³-hybridized carbons (Fsp3) is 0.750. The van der Waals surface area contributed by atoms with Crippen molar-refractivity contribution in [1.29, 1.82) is 0 Å². The summed E-state index contributed by atoms with van der Waals surface area (Å²) in [5, 5.41) is 0. The van der Waals surface area contributed by atoms with Crippen LogP contribution in [0.4, 0.5) is 0 Å². The second kappa shape index (κ2) is 15.9. The molecule has 0 atom stereocenters. The molecule has 0 fully saturated rings. The summed E-state index contributed by atoms with van der Waals surface area (Å²) in [6, 6.07) is 10.2. The third kappa shape index (κ3) is 10.3. The molecule has 0 heterocycles. The van der Waals surface area contributed by atoms with Crippen molar-refractivity contribution >= 4 is 27.1 Å². The van der Waals surface area contributed by atoms with E-state index in [4.69, 9.17) is 11.8 Å². The Bertz CT molecular complexity index is 541. The molecule has 0 aliphatic heterocycles. The number of unbranched alkanes of at least 4 members (excludes halogenated alkanes) is 12. The van der Waals surface area contributed by atoms with Crippen LogP contribution in [0.5, 0.6) is 0 Å². The molecule has 0 bridgehead atoms. The van der Waals surface area contributed by atoms with Gasteiger partial charge in [0, 0.05) is 0 Å². The predicted molar refractivity (Wildman–Crippen MR) is 137 cm³/mol. The van der Waals surface area contributed by atoms with E-state index >= 15 is 0 Å². The third-order valence-electron chi connectivity index (χ3n) is 5.81. The number of hydrogen-bond donors (Lipinski definition) is 2. The average molecular weight is 461 g/mol. The van der Waals surface area contributed by atoms with Gasteiger partial charge in [0.15, 0.2) is 0 Å². The van der Waals surface area contributed by atoms with E-state index in [9.17, 15) is 9.79 Å². The van der Waals surface area contributed by atoms with Crippen LogP contribution >= 0.6 is 15.3 Å². The molecule has 0 saturated carbocycles. The van der Waals surface area contributed by atoms with Gasteiger partial charge in [0.05, 0.1) is 0 Å². The highest BCUT2D eigenvalue weighted by atomic mass is 33.0. The predicted octanol–water partition coefficient (Wildman–Crippen LogP) is 8.56. The lowest BCUT2D eigenvalue weighted by Gasteiger charge is -2.43. The lowest BCUT2D eigenvalue weighted by molar-refractivity contribution is 0.500. The molecule has 0 radical (unpaired) electrons. The molecule has 0 aliphatic rings. The van der Waals surface area contributed by atoms with E-state index in [0.29, 0.717) is 0 Å². The molecule has 0 saturated heterocycles. The first-order chi connectivity index (χ1) is 14.0. The molecule has 2 N–H and O–H groups in total. The minimum atomic E-state index is -3.34. The molecule has 29 heavy (non-hydrogen) atoms. The normalized spacial score (nSPS) is 13.0. The van der Waals surface area contributed by atoms with Crippen molar-refractivity contribution in [3.05, 3.63) is 30.3 Å². The van der Waals surface area contributed by atoms with Gasteiger partial charge in [-0.05, 0) is 53.2 Å². The Balaban J connectivity index is 2.71. The minimum Gasteiger partial charge on any atom is -0.338 e. The zero-order chi connectivity index (χ0) is 21.4. The van der Waals surface area contributed by atoms with Gasteiger partial charge < -0.3 is 9.79 Å². The maximum Gasteiger partial charge on any atom is 0.228 e. The summed E-state index contributed by atoms with van der Waals surface area (Å²) in [4.78, 5) is 22.8. The van der Waals surface area contributed by atoms with Crippen molar-refractivity contribution in [2.24, 2.45) is 0 Å². The van der Waals surface area contributed by atoms with Gasteiger partial charge in [0.2, 0.25) is 5.69 Å². The van der Waals surface area contributed by atoms with Gasteiger partial charge in [-0.15, -0.1) is 9.65 Å². The van der Waals surface area contributed by atoms with Crippen LogP contribution in [-0.4, -0.2) is 21.3 Å². The number of hydrogen-bond acceptors (Lipinski definition) is 1. The van der Waals surface area contributed by atoms with Crippen molar-refractivity contribution in [2.45, 2.75) is 109 Å². The molecule has 2 nitrogen and oxygen atoms in total. The van der Waals surface area contributed by atoms with E-state index in [1.54, 1.807) is 0 Å². The second-order valence-electron chi connectivity index (χ2n) is 8.30. The highest BCUT2D eigenvalue weighted by Gasteiger charge is 2.37. The summed E-state index contributed by atoms with van der Waals surface area (Å²) in [6.45, 7) is 4.49. The third-order valence-corrected chi connectivity index (χ3v) is 16.8. The van der Waals surface area contributed by atoms with E-state index in [1.807, 2.05) is 18.2 Å². The summed E-state index contributed by atoms with van der Waals surface area (Å²) in [5.41, 5.74) is -3.34. The van der Waals surface area contributed by atoms with Crippen molar-refractivity contribution in [3.8, 4) is 0 Å². The molecule has 5 heteroatoms. The lowest BCUT2D eigenvalue weighted by Crippen LogP contribution is -2.11. The van der Waals surface area contributed by atoms with Crippen LogP contribution in [-0.2, 0) is 11.8 Å². The summed E-state index contributed by atoms with van der Waals surface area (Å²) in [7, 11) is -1.75. The highest BCUT2D eigenvalue weighted by molar-refractivity contribution is 8.85. The molecule has 0 aromatic heterocycles. The first-order valence-electron chi connectivity index (χ1n) is 11.9. The molecule has 1 aromatic carbocycles.